The van der Waals surface area contributed by atoms with Crippen LogP contribution in [0.2, 0.25) is 5.15 Å². The molecule has 7 heteroatoms. The van der Waals surface area contributed by atoms with Gasteiger partial charge in [-0.25, -0.2) is 9.48 Å². The number of aromatic nitrogens is 4. The zero-order valence-corrected chi connectivity index (χ0v) is 10.7. The summed E-state index contributed by atoms with van der Waals surface area (Å²) in [6.07, 6.45) is 4.84. The molecule has 0 radical (unpaired) electrons. The van der Waals surface area contributed by atoms with Crippen molar-refractivity contribution in [3.8, 4) is 0 Å². The second kappa shape index (κ2) is 4.37. The van der Waals surface area contributed by atoms with E-state index in [2.05, 4.69) is 10.1 Å². The first-order valence-corrected chi connectivity index (χ1v) is 6.27. The van der Waals surface area contributed by atoms with Gasteiger partial charge in [-0.2, -0.15) is 10.1 Å². The quantitative estimate of drug-likeness (QED) is 0.735. The Labute approximate surface area is 108 Å². The minimum Gasteiger partial charge on any atom is -0.357 e. The van der Waals surface area contributed by atoms with Crippen molar-refractivity contribution in [3.05, 3.63) is 21.8 Å². The second-order valence-electron chi connectivity index (χ2n) is 4.41. The van der Waals surface area contributed by atoms with Crippen LogP contribution < -0.4 is 5.69 Å². The number of fused-ring (bicyclic) bond motifs is 1. The van der Waals surface area contributed by atoms with Crippen LogP contribution in [0.25, 0.3) is 11.0 Å². The molecule has 0 saturated carbocycles. The Hall–Kier alpha value is -1.40. The van der Waals surface area contributed by atoms with Gasteiger partial charge in [-0.15, -0.1) is 0 Å². The lowest BCUT2D eigenvalue weighted by atomic mass is 10.2. The molecule has 1 unspecified atom stereocenters. The van der Waals surface area contributed by atoms with E-state index in [0.29, 0.717) is 11.0 Å². The smallest absolute Gasteiger partial charge is 0.349 e. The minimum absolute atomic E-state index is 0.0719. The molecule has 1 aliphatic rings. The fourth-order valence-electron chi connectivity index (χ4n) is 2.17. The van der Waals surface area contributed by atoms with Crippen LogP contribution >= 0.6 is 11.6 Å². The lowest BCUT2D eigenvalue weighted by Crippen LogP contribution is -2.19. The zero-order valence-electron chi connectivity index (χ0n) is 9.97. The van der Waals surface area contributed by atoms with Crippen molar-refractivity contribution in [1.29, 1.82) is 0 Å². The van der Waals surface area contributed by atoms with Crippen LogP contribution in [0.4, 0.5) is 0 Å². The lowest BCUT2D eigenvalue weighted by Gasteiger charge is -2.22. The van der Waals surface area contributed by atoms with E-state index in [1.54, 1.807) is 17.9 Å². The lowest BCUT2D eigenvalue weighted by molar-refractivity contribution is -0.0390. The third-order valence-corrected chi connectivity index (χ3v) is 3.46. The normalized spacial score (nSPS) is 20.4. The van der Waals surface area contributed by atoms with Crippen LogP contribution in [0.3, 0.4) is 0 Å². The number of aryl methyl sites for hydroxylation is 1. The van der Waals surface area contributed by atoms with Crippen molar-refractivity contribution in [1.82, 2.24) is 19.3 Å². The summed E-state index contributed by atoms with van der Waals surface area (Å²) in [5, 5.41) is 4.52. The molecule has 1 saturated heterocycles. The molecule has 3 heterocycles. The maximum absolute atomic E-state index is 11.5. The van der Waals surface area contributed by atoms with Gasteiger partial charge in [0.1, 0.15) is 11.7 Å². The van der Waals surface area contributed by atoms with E-state index >= 15 is 0 Å². The summed E-state index contributed by atoms with van der Waals surface area (Å²) in [7, 11) is 1.65. The molecule has 2 aromatic heterocycles. The predicted octanol–water partition coefficient (Wildman–Crippen LogP) is 1.48. The number of hydrogen-bond acceptors (Lipinski definition) is 4. The summed E-state index contributed by atoms with van der Waals surface area (Å²) in [4.78, 5) is 15.3. The fourth-order valence-corrected chi connectivity index (χ4v) is 2.38. The number of halogens is 1. The molecule has 1 fully saturated rings. The van der Waals surface area contributed by atoms with E-state index in [0.717, 1.165) is 25.9 Å². The van der Waals surface area contributed by atoms with E-state index in [4.69, 9.17) is 16.3 Å². The molecule has 0 aliphatic carbocycles. The van der Waals surface area contributed by atoms with Gasteiger partial charge in [0.25, 0.3) is 0 Å². The highest BCUT2D eigenvalue weighted by Crippen LogP contribution is 2.25. The Morgan fingerprint density at radius 3 is 3.06 bits per heavy atom. The van der Waals surface area contributed by atoms with E-state index < -0.39 is 0 Å². The van der Waals surface area contributed by atoms with Gasteiger partial charge in [0.2, 0.25) is 0 Å². The number of rotatable bonds is 1. The number of hydrogen-bond donors (Lipinski definition) is 0. The van der Waals surface area contributed by atoms with Crippen molar-refractivity contribution in [2.45, 2.75) is 25.5 Å². The first kappa shape index (κ1) is 11.7. The van der Waals surface area contributed by atoms with Crippen LogP contribution in [-0.4, -0.2) is 25.9 Å². The Balaban J connectivity index is 2.13. The summed E-state index contributed by atoms with van der Waals surface area (Å²) < 4.78 is 8.82. The van der Waals surface area contributed by atoms with Crippen molar-refractivity contribution in [2.75, 3.05) is 6.61 Å². The van der Waals surface area contributed by atoms with Gasteiger partial charge in [-0.1, -0.05) is 11.6 Å². The third kappa shape index (κ3) is 1.81. The zero-order chi connectivity index (χ0) is 12.7. The largest absolute Gasteiger partial charge is 0.357 e. The Morgan fingerprint density at radius 1 is 1.50 bits per heavy atom. The topological polar surface area (TPSA) is 61.9 Å². The van der Waals surface area contributed by atoms with Crippen molar-refractivity contribution < 1.29 is 4.74 Å². The maximum atomic E-state index is 11.5. The molecule has 0 N–H and O–H groups in total. The van der Waals surface area contributed by atoms with Crippen molar-refractivity contribution >= 4 is 22.6 Å². The monoisotopic (exact) mass is 268 g/mol. The van der Waals surface area contributed by atoms with E-state index in [1.165, 1.54) is 4.57 Å². The predicted molar refractivity (Wildman–Crippen MR) is 66.6 cm³/mol. The highest BCUT2D eigenvalue weighted by Gasteiger charge is 2.19. The SMILES string of the molecule is Cn1c(=O)nc(Cl)c2nn(C3CCCCO3)cc21. The van der Waals surface area contributed by atoms with Gasteiger partial charge in [0, 0.05) is 13.7 Å². The molecule has 0 spiro atoms. The Morgan fingerprint density at radius 2 is 2.33 bits per heavy atom. The standard InChI is InChI=1S/C11H13ClN4O2/c1-15-7-6-16(8-4-2-3-5-18-8)14-9(7)10(12)13-11(15)17/h6,8H,2-5H2,1H3. The van der Waals surface area contributed by atoms with Gasteiger partial charge in [-0.3, -0.25) is 4.57 Å². The summed E-state index contributed by atoms with van der Waals surface area (Å²) in [6, 6.07) is 0. The fraction of sp³-hybridized carbons (Fsp3) is 0.545. The number of ether oxygens (including phenoxy) is 1. The van der Waals surface area contributed by atoms with Crippen molar-refractivity contribution in [3.63, 3.8) is 0 Å². The van der Waals surface area contributed by atoms with Crippen LogP contribution in [0.15, 0.2) is 11.0 Å². The van der Waals surface area contributed by atoms with E-state index in [9.17, 15) is 4.79 Å². The molecule has 0 amide bonds. The summed E-state index contributed by atoms with van der Waals surface area (Å²) in [6.45, 7) is 0.742. The van der Waals surface area contributed by atoms with Crippen molar-refractivity contribution in [2.24, 2.45) is 7.05 Å². The van der Waals surface area contributed by atoms with Gasteiger partial charge in [0.15, 0.2) is 5.15 Å². The molecule has 3 rings (SSSR count). The number of nitrogens with zero attached hydrogens (tertiary/aromatic N) is 4. The van der Waals surface area contributed by atoms with E-state index in [-0.39, 0.29) is 17.1 Å². The maximum Gasteiger partial charge on any atom is 0.349 e. The van der Waals surface area contributed by atoms with E-state index in [1.807, 2.05) is 0 Å². The molecule has 96 valence electrons. The highest BCUT2D eigenvalue weighted by molar-refractivity contribution is 6.33. The first-order valence-electron chi connectivity index (χ1n) is 5.90. The van der Waals surface area contributed by atoms with Gasteiger partial charge < -0.3 is 4.74 Å². The highest BCUT2D eigenvalue weighted by atomic mass is 35.5. The third-order valence-electron chi connectivity index (χ3n) is 3.20. The molecular weight excluding hydrogens is 256 g/mol. The molecular formula is C11H13ClN4O2. The summed E-state index contributed by atoms with van der Waals surface area (Å²) in [5.41, 5.74) is 0.832. The Bertz CT molecular complexity index is 642. The minimum atomic E-state index is -0.378. The van der Waals surface area contributed by atoms with Crippen LogP contribution in [0, 0.1) is 0 Å². The summed E-state index contributed by atoms with van der Waals surface area (Å²) >= 11 is 5.95. The summed E-state index contributed by atoms with van der Waals surface area (Å²) in [5.74, 6) is 0. The molecule has 0 aromatic carbocycles. The molecule has 6 nitrogen and oxygen atoms in total. The van der Waals surface area contributed by atoms with Crippen LogP contribution in [0.5, 0.6) is 0 Å². The second-order valence-corrected chi connectivity index (χ2v) is 4.77. The molecule has 2 aromatic rings. The van der Waals surface area contributed by atoms with Crippen LogP contribution in [0.1, 0.15) is 25.5 Å². The van der Waals surface area contributed by atoms with Gasteiger partial charge in [-0.05, 0) is 19.3 Å². The first-order chi connectivity index (χ1) is 8.66. The molecule has 0 bridgehead atoms. The molecule has 1 atom stereocenters. The van der Waals surface area contributed by atoms with Gasteiger partial charge >= 0.3 is 5.69 Å². The van der Waals surface area contributed by atoms with Crippen LogP contribution in [-0.2, 0) is 11.8 Å². The molecule has 1 aliphatic heterocycles. The average molecular weight is 269 g/mol. The van der Waals surface area contributed by atoms with Gasteiger partial charge in [0.05, 0.1) is 11.7 Å². The Kier molecular flexibility index (Phi) is 2.83. The molecule has 18 heavy (non-hydrogen) atoms. The average Bonchev–Trinajstić information content (AvgIpc) is 2.83.